The van der Waals surface area contributed by atoms with Gasteiger partial charge in [0.05, 0.1) is 19.3 Å². The van der Waals surface area contributed by atoms with E-state index < -0.39 is 0 Å². The average Bonchev–Trinajstić information content (AvgIpc) is 2.76. The highest BCUT2D eigenvalue weighted by Gasteiger charge is 2.22. The molecule has 102 valence electrons. The van der Waals surface area contributed by atoms with Crippen molar-refractivity contribution in [3.63, 3.8) is 0 Å². The third-order valence-corrected chi connectivity index (χ3v) is 2.96. The minimum atomic E-state index is 0.266. The van der Waals surface area contributed by atoms with Crippen LogP contribution in [0.2, 0.25) is 0 Å². The van der Waals surface area contributed by atoms with Gasteiger partial charge in [-0.05, 0) is 14.1 Å². The molecule has 1 atom stereocenters. The second-order valence-electron chi connectivity index (χ2n) is 4.93. The largest absolute Gasteiger partial charge is 0.424 e. The number of aryl methyl sites for hydroxylation is 1. The van der Waals surface area contributed by atoms with Crippen LogP contribution in [-0.4, -0.2) is 66.4 Å². The molecule has 0 saturated carbocycles. The van der Waals surface area contributed by atoms with Crippen LogP contribution in [-0.2, 0) is 17.7 Å². The van der Waals surface area contributed by atoms with Crippen molar-refractivity contribution in [3.05, 3.63) is 11.8 Å². The van der Waals surface area contributed by atoms with Crippen molar-refractivity contribution in [2.24, 2.45) is 0 Å². The average molecular weight is 254 g/mol. The number of nitrogens with zero attached hydrogens (tertiary/aromatic N) is 4. The first kappa shape index (κ1) is 13.5. The number of morpholine rings is 1. The summed E-state index contributed by atoms with van der Waals surface area (Å²) < 4.78 is 11.3. The molecule has 1 aliphatic rings. The molecule has 1 aliphatic heterocycles. The molecule has 1 saturated heterocycles. The summed E-state index contributed by atoms with van der Waals surface area (Å²) in [4.78, 5) is 4.46. The minimum Gasteiger partial charge on any atom is -0.424 e. The normalized spacial score (nSPS) is 21.7. The van der Waals surface area contributed by atoms with Crippen LogP contribution in [0.25, 0.3) is 0 Å². The van der Waals surface area contributed by atoms with E-state index in [1.54, 1.807) is 0 Å². The molecule has 0 amide bonds. The molecule has 18 heavy (non-hydrogen) atoms. The van der Waals surface area contributed by atoms with Crippen molar-refractivity contribution in [1.29, 1.82) is 0 Å². The number of hydrogen-bond acceptors (Lipinski definition) is 6. The molecule has 0 spiro atoms. The van der Waals surface area contributed by atoms with E-state index in [0.29, 0.717) is 11.8 Å². The molecule has 6 heteroatoms. The van der Waals surface area contributed by atoms with Crippen LogP contribution in [0.15, 0.2) is 4.42 Å². The number of aromatic nitrogens is 2. The molecule has 0 bridgehead atoms. The zero-order valence-electron chi connectivity index (χ0n) is 11.4. The van der Waals surface area contributed by atoms with Gasteiger partial charge in [-0.15, -0.1) is 10.2 Å². The Balaban J connectivity index is 1.85. The quantitative estimate of drug-likeness (QED) is 0.758. The van der Waals surface area contributed by atoms with Crippen molar-refractivity contribution >= 4 is 0 Å². The van der Waals surface area contributed by atoms with Crippen LogP contribution >= 0.6 is 0 Å². The molecule has 0 N–H and O–H groups in total. The van der Waals surface area contributed by atoms with E-state index in [1.165, 1.54) is 0 Å². The van der Waals surface area contributed by atoms with Gasteiger partial charge in [0.2, 0.25) is 11.8 Å². The van der Waals surface area contributed by atoms with Gasteiger partial charge in [-0.2, -0.15) is 0 Å². The molecule has 0 unspecified atom stereocenters. The predicted molar refractivity (Wildman–Crippen MR) is 67.2 cm³/mol. The summed E-state index contributed by atoms with van der Waals surface area (Å²) in [6, 6.07) is 0. The second kappa shape index (κ2) is 6.26. The highest BCUT2D eigenvalue weighted by Crippen LogP contribution is 2.10. The molecule has 1 fully saturated rings. The topological polar surface area (TPSA) is 54.6 Å². The molecular formula is C12H22N4O2. The monoisotopic (exact) mass is 254 g/mol. The Morgan fingerprint density at radius 1 is 1.33 bits per heavy atom. The van der Waals surface area contributed by atoms with Gasteiger partial charge in [-0.25, -0.2) is 0 Å². The SMILES string of the molecule is CCc1nnc(CN2CCO[C@H](CN(C)C)C2)o1. The summed E-state index contributed by atoms with van der Waals surface area (Å²) >= 11 is 0. The van der Waals surface area contributed by atoms with E-state index in [-0.39, 0.29) is 6.10 Å². The molecule has 1 aromatic rings. The standard InChI is InChI=1S/C12H22N4O2/c1-4-11-13-14-12(18-11)9-16-5-6-17-10(8-16)7-15(2)3/h10H,4-9H2,1-3H3/t10-/m1/s1. The molecule has 0 radical (unpaired) electrons. The van der Waals surface area contributed by atoms with E-state index in [1.807, 2.05) is 6.92 Å². The Labute approximate surface area is 108 Å². The molecular weight excluding hydrogens is 232 g/mol. The lowest BCUT2D eigenvalue weighted by atomic mass is 10.2. The third-order valence-electron chi connectivity index (χ3n) is 2.96. The highest BCUT2D eigenvalue weighted by molar-refractivity contribution is 4.83. The zero-order valence-corrected chi connectivity index (χ0v) is 11.4. The maximum atomic E-state index is 5.73. The lowest BCUT2D eigenvalue weighted by Gasteiger charge is -2.33. The first-order valence-electron chi connectivity index (χ1n) is 6.47. The van der Waals surface area contributed by atoms with Gasteiger partial charge >= 0.3 is 0 Å². The van der Waals surface area contributed by atoms with Crippen molar-refractivity contribution in [1.82, 2.24) is 20.0 Å². The fourth-order valence-electron chi connectivity index (χ4n) is 2.13. The summed E-state index contributed by atoms with van der Waals surface area (Å²) in [5.74, 6) is 1.42. The summed E-state index contributed by atoms with van der Waals surface area (Å²) in [6.45, 7) is 6.29. The molecule has 0 aromatic carbocycles. The summed E-state index contributed by atoms with van der Waals surface area (Å²) in [5.41, 5.74) is 0. The number of rotatable bonds is 5. The van der Waals surface area contributed by atoms with E-state index in [4.69, 9.17) is 9.15 Å². The first-order valence-corrected chi connectivity index (χ1v) is 6.47. The van der Waals surface area contributed by atoms with Crippen molar-refractivity contribution in [2.75, 3.05) is 40.3 Å². The summed E-state index contributed by atoms with van der Waals surface area (Å²) in [7, 11) is 4.13. The van der Waals surface area contributed by atoms with Crippen molar-refractivity contribution in [2.45, 2.75) is 26.0 Å². The van der Waals surface area contributed by atoms with E-state index >= 15 is 0 Å². The summed E-state index contributed by atoms with van der Waals surface area (Å²) in [6.07, 6.45) is 1.06. The lowest BCUT2D eigenvalue weighted by molar-refractivity contribution is -0.0427. The minimum absolute atomic E-state index is 0.266. The maximum Gasteiger partial charge on any atom is 0.230 e. The Kier molecular flexibility index (Phi) is 4.68. The maximum absolute atomic E-state index is 5.73. The van der Waals surface area contributed by atoms with Gasteiger partial charge in [0.1, 0.15) is 0 Å². The van der Waals surface area contributed by atoms with E-state index in [2.05, 4.69) is 34.1 Å². The Morgan fingerprint density at radius 3 is 2.78 bits per heavy atom. The van der Waals surface area contributed by atoms with Crippen LogP contribution in [0.5, 0.6) is 0 Å². The van der Waals surface area contributed by atoms with Crippen LogP contribution < -0.4 is 0 Å². The van der Waals surface area contributed by atoms with Crippen molar-refractivity contribution in [3.8, 4) is 0 Å². The molecule has 1 aromatic heterocycles. The summed E-state index contributed by atoms with van der Waals surface area (Å²) in [5, 5.41) is 8.04. The Bertz CT molecular complexity index is 367. The smallest absolute Gasteiger partial charge is 0.230 e. The molecule has 6 nitrogen and oxygen atoms in total. The first-order chi connectivity index (χ1) is 8.67. The third kappa shape index (κ3) is 3.76. The van der Waals surface area contributed by atoms with Crippen LogP contribution in [0.4, 0.5) is 0 Å². The van der Waals surface area contributed by atoms with Crippen LogP contribution in [0.3, 0.4) is 0 Å². The number of likely N-dealkylation sites (N-methyl/N-ethyl adjacent to an activating group) is 1. The van der Waals surface area contributed by atoms with Crippen LogP contribution in [0.1, 0.15) is 18.7 Å². The van der Waals surface area contributed by atoms with Crippen LogP contribution in [0, 0.1) is 0 Å². The molecule has 0 aliphatic carbocycles. The predicted octanol–water partition coefficient (Wildman–Crippen LogP) is 0.394. The Hall–Kier alpha value is -0.980. The van der Waals surface area contributed by atoms with Gasteiger partial charge in [0.25, 0.3) is 0 Å². The van der Waals surface area contributed by atoms with Gasteiger partial charge < -0.3 is 14.1 Å². The number of ether oxygens (including phenoxy) is 1. The lowest BCUT2D eigenvalue weighted by Crippen LogP contribution is -2.46. The molecule has 2 rings (SSSR count). The van der Waals surface area contributed by atoms with Gasteiger partial charge in [0, 0.05) is 26.1 Å². The van der Waals surface area contributed by atoms with E-state index in [0.717, 1.165) is 39.2 Å². The van der Waals surface area contributed by atoms with Gasteiger partial charge in [-0.3, -0.25) is 4.90 Å². The Morgan fingerprint density at radius 2 is 2.11 bits per heavy atom. The van der Waals surface area contributed by atoms with Gasteiger partial charge in [-0.1, -0.05) is 6.92 Å². The van der Waals surface area contributed by atoms with Gasteiger partial charge in [0.15, 0.2) is 0 Å². The highest BCUT2D eigenvalue weighted by atomic mass is 16.5. The fraction of sp³-hybridized carbons (Fsp3) is 0.833. The zero-order chi connectivity index (χ0) is 13.0. The molecule has 2 heterocycles. The van der Waals surface area contributed by atoms with E-state index in [9.17, 15) is 0 Å². The van der Waals surface area contributed by atoms with Crippen molar-refractivity contribution < 1.29 is 9.15 Å². The number of hydrogen-bond donors (Lipinski definition) is 0. The fourth-order valence-corrected chi connectivity index (χ4v) is 2.13. The second-order valence-corrected chi connectivity index (χ2v) is 4.93.